The second-order valence-corrected chi connectivity index (χ2v) is 8.18. The summed E-state index contributed by atoms with van der Waals surface area (Å²) >= 11 is -0.0116. The Labute approximate surface area is 182 Å². The molecule has 1 saturated heterocycles. The average Bonchev–Trinajstić information content (AvgIpc) is 3.28. The van der Waals surface area contributed by atoms with E-state index in [9.17, 15) is 3.89 Å². The number of ether oxygens (including phenoxy) is 3. The third-order valence-electron chi connectivity index (χ3n) is 5.12. The number of pyridine rings is 1. The Kier molecular flexibility index (Phi) is 4.92. The van der Waals surface area contributed by atoms with Crippen molar-refractivity contribution >= 4 is 40.1 Å². The minimum Gasteiger partial charge on any atom is -0.475 e. The van der Waals surface area contributed by atoms with Gasteiger partial charge in [-0.2, -0.15) is 0 Å². The lowest BCUT2D eigenvalue weighted by Gasteiger charge is -2.17. The number of hydrogen-bond donors (Lipinski definition) is 1. The molecule has 0 bridgehead atoms. The van der Waals surface area contributed by atoms with Crippen LogP contribution in [0.4, 0.5) is 9.70 Å². The first-order valence-electron chi connectivity index (χ1n) is 9.70. The molecular formula is C21H20FN5O3S. The van der Waals surface area contributed by atoms with E-state index in [0.29, 0.717) is 23.2 Å². The predicted octanol–water partition coefficient (Wildman–Crippen LogP) is 4.14. The maximum atomic E-state index is 14.1. The maximum absolute atomic E-state index is 14.1. The van der Waals surface area contributed by atoms with Crippen LogP contribution in [0.2, 0.25) is 0 Å². The van der Waals surface area contributed by atoms with Crippen molar-refractivity contribution in [3.8, 4) is 17.0 Å². The molecule has 0 saturated carbocycles. The number of aromatic nitrogens is 4. The summed E-state index contributed by atoms with van der Waals surface area (Å²) in [4.78, 5) is 12.9. The van der Waals surface area contributed by atoms with Crippen LogP contribution in [-0.2, 0) is 9.47 Å². The van der Waals surface area contributed by atoms with Crippen molar-refractivity contribution in [1.29, 1.82) is 0 Å². The molecule has 0 aliphatic carbocycles. The van der Waals surface area contributed by atoms with Crippen LogP contribution in [0.5, 0.6) is 5.88 Å². The Morgan fingerprint density at radius 2 is 2.13 bits per heavy atom. The van der Waals surface area contributed by atoms with Crippen LogP contribution in [0.25, 0.3) is 33.1 Å². The Balaban J connectivity index is 1.65. The number of para-hydroxylation sites is 1. The molecule has 0 radical (unpaired) electrons. The van der Waals surface area contributed by atoms with Crippen LogP contribution < -0.4 is 10.5 Å². The van der Waals surface area contributed by atoms with Crippen molar-refractivity contribution in [3.63, 3.8) is 0 Å². The van der Waals surface area contributed by atoms with E-state index in [-0.39, 0.29) is 36.7 Å². The first kappa shape index (κ1) is 20.0. The van der Waals surface area contributed by atoms with E-state index < -0.39 is 5.79 Å². The Hall–Kier alpha value is -2.95. The van der Waals surface area contributed by atoms with Gasteiger partial charge >= 0.3 is 0 Å². The van der Waals surface area contributed by atoms with Gasteiger partial charge in [0.25, 0.3) is 0 Å². The van der Waals surface area contributed by atoms with Crippen LogP contribution in [0.3, 0.4) is 0 Å². The molecular weight excluding hydrogens is 421 g/mol. The summed E-state index contributed by atoms with van der Waals surface area (Å²) in [7, 11) is 0. The summed E-state index contributed by atoms with van der Waals surface area (Å²) in [6, 6.07) is 9.70. The molecule has 8 nitrogen and oxygen atoms in total. The van der Waals surface area contributed by atoms with Gasteiger partial charge in [-0.05, 0) is 26.0 Å². The van der Waals surface area contributed by atoms with Gasteiger partial charge in [0.1, 0.15) is 24.9 Å². The fraction of sp³-hybridized carbons (Fsp3) is 0.286. The highest BCUT2D eigenvalue weighted by Gasteiger charge is 2.34. The third-order valence-corrected chi connectivity index (χ3v) is 5.60. The van der Waals surface area contributed by atoms with E-state index in [1.807, 2.05) is 44.2 Å². The van der Waals surface area contributed by atoms with Crippen LogP contribution in [0.1, 0.15) is 13.8 Å². The van der Waals surface area contributed by atoms with Gasteiger partial charge in [-0.15, -0.1) is 3.89 Å². The van der Waals surface area contributed by atoms with Crippen molar-refractivity contribution in [2.24, 2.45) is 0 Å². The number of nitrogens with two attached hydrogens (primary N) is 1. The largest absolute Gasteiger partial charge is 0.475 e. The summed E-state index contributed by atoms with van der Waals surface area (Å²) in [6.07, 6.45) is 2.71. The highest BCUT2D eigenvalue weighted by molar-refractivity contribution is 7.93. The first-order valence-corrected chi connectivity index (χ1v) is 10.4. The monoisotopic (exact) mass is 441 g/mol. The second kappa shape index (κ2) is 7.63. The summed E-state index contributed by atoms with van der Waals surface area (Å²) in [5.74, 6) is -0.191. The molecule has 1 unspecified atom stereocenters. The zero-order valence-electron chi connectivity index (χ0n) is 16.9. The highest BCUT2D eigenvalue weighted by Crippen LogP contribution is 2.44. The van der Waals surface area contributed by atoms with Gasteiger partial charge in [-0.3, -0.25) is 4.98 Å². The van der Waals surface area contributed by atoms with E-state index in [4.69, 9.17) is 19.9 Å². The Morgan fingerprint density at radius 3 is 2.90 bits per heavy atom. The third kappa shape index (κ3) is 3.56. The Bertz CT molecular complexity index is 1280. The van der Waals surface area contributed by atoms with Crippen molar-refractivity contribution in [1.82, 2.24) is 18.9 Å². The van der Waals surface area contributed by atoms with Crippen LogP contribution in [0.15, 0.2) is 42.9 Å². The molecule has 5 rings (SSSR count). The molecule has 1 aromatic carbocycles. The number of rotatable bonds is 5. The smallest absolute Gasteiger partial charge is 0.216 e. The molecule has 1 atom stereocenters. The summed E-state index contributed by atoms with van der Waals surface area (Å²) in [5, 5.41) is 1.44. The number of benzene rings is 1. The van der Waals surface area contributed by atoms with Gasteiger partial charge in [-0.25, -0.2) is 13.9 Å². The van der Waals surface area contributed by atoms with E-state index in [1.165, 1.54) is 10.3 Å². The van der Waals surface area contributed by atoms with E-state index >= 15 is 0 Å². The van der Waals surface area contributed by atoms with Crippen LogP contribution >= 0.6 is 12.3 Å². The quantitative estimate of drug-likeness (QED) is 0.494. The number of halogens is 1. The van der Waals surface area contributed by atoms with Crippen LogP contribution in [0, 0.1) is 0 Å². The number of anilines is 1. The molecule has 31 heavy (non-hydrogen) atoms. The van der Waals surface area contributed by atoms with Gasteiger partial charge < -0.3 is 19.9 Å². The maximum Gasteiger partial charge on any atom is 0.216 e. The second-order valence-electron chi connectivity index (χ2n) is 7.68. The lowest BCUT2D eigenvalue weighted by atomic mass is 10.1. The molecule has 10 heteroatoms. The van der Waals surface area contributed by atoms with Gasteiger partial charge in [0, 0.05) is 17.1 Å². The SMILES string of the molecule is CC1(C)OCC(COc2c(-c3cnc4ccccc4c3)c3c(N)ncnc3n2SF)O1. The molecule has 3 aromatic heterocycles. The molecule has 4 heterocycles. The lowest BCUT2D eigenvalue weighted by Crippen LogP contribution is -2.25. The molecule has 4 aromatic rings. The van der Waals surface area contributed by atoms with E-state index in [2.05, 4.69) is 15.0 Å². The zero-order chi connectivity index (χ0) is 21.6. The zero-order valence-corrected chi connectivity index (χ0v) is 17.7. The average molecular weight is 441 g/mol. The van der Waals surface area contributed by atoms with Crippen molar-refractivity contribution < 1.29 is 18.1 Å². The summed E-state index contributed by atoms with van der Waals surface area (Å²) in [5.41, 5.74) is 8.65. The topological polar surface area (TPSA) is 97.3 Å². The number of fused-ring (bicyclic) bond motifs is 2. The normalized spacial score (nSPS) is 18.1. The van der Waals surface area contributed by atoms with E-state index in [1.54, 1.807) is 6.20 Å². The van der Waals surface area contributed by atoms with Crippen LogP contribution in [-0.4, -0.2) is 44.0 Å². The standard InChI is InChI=1S/C21H20FN5O3S/c1-21(2)29-10-14(30-21)9-28-20-16(13-7-12-5-3-4-6-15(12)24-8-13)17-18(23)25-11-26-19(17)27(20)31-22/h3-8,11,14H,9-10H2,1-2H3,(H2,23,25,26). The minimum absolute atomic E-state index is 0.0116. The molecule has 1 aliphatic heterocycles. The number of hydrogen-bond acceptors (Lipinski definition) is 8. The first-order chi connectivity index (χ1) is 15.0. The van der Waals surface area contributed by atoms with Gasteiger partial charge in [0.2, 0.25) is 5.88 Å². The molecule has 0 amide bonds. The molecule has 160 valence electrons. The van der Waals surface area contributed by atoms with Gasteiger partial charge in [0.05, 0.1) is 23.1 Å². The fourth-order valence-corrected chi connectivity index (χ4v) is 4.19. The van der Waals surface area contributed by atoms with E-state index in [0.717, 1.165) is 16.5 Å². The lowest BCUT2D eigenvalue weighted by molar-refractivity contribution is -0.141. The van der Waals surface area contributed by atoms with Crippen molar-refractivity contribution in [2.75, 3.05) is 18.9 Å². The number of nitrogens with zero attached hydrogens (tertiary/aromatic N) is 4. The molecule has 0 spiro atoms. The molecule has 1 aliphatic rings. The summed E-state index contributed by atoms with van der Waals surface area (Å²) < 4.78 is 32.9. The van der Waals surface area contributed by atoms with Crippen molar-refractivity contribution in [2.45, 2.75) is 25.7 Å². The van der Waals surface area contributed by atoms with Gasteiger partial charge in [0.15, 0.2) is 23.8 Å². The molecule has 1 fully saturated rings. The highest BCUT2D eigenvalue weighted by atomic mass is 32.2. The van der Waals surface area contributed by atoms with Gasteiger partial charge in [-0.1, -0.05) is 18.2 Å². The Morgan fingerprint density at radius 1 is 1.29 bits per heavy atom. The molecule has 2 N–H and O–H groups in total. The predicted molar refractivity (Wildman–Crippen MR) is 117 cm³/mol. The number of nitrogen functional groups attached to an aromatic ring is 1. The summed E-state index contributed by atoms with van der Waals surface area (Å²) in [6.45, 7) is 4.22. The minimum atomic E-state index is -0.684. The van der Waals surface area contributed by atoms with Crippen molar-refractivity contribution in [3.05, 3.63) is 42.9 Å². The fourth-order valence-electron chi connectivity index (χ4n) is 3.78.